The van der Waals surface area contributed by atoms with Crippen molar-refractivity contribution in [2.24, 2.45) is 0 Å². The maximum absolute atomic E-state index is 10.2. The molecule has 2 unspecified atom stereocenters. The molecular weight excluding hydrogens is 230 g/mol. The first-order valence-electron chi connectivity index (χ1n) is 6.30. The molecular formula is C14H21NO3. The highest BCUT2D eigenvalue weighted by Gasteiger charge is 2.24. The smallest absolute Gasteiger partial charge is 0.118 e. The Morgan fingerprint density at radius 2 is 2.06 bits per heavy atom. The number of benzene rings is 1. The van der Waals surface area contributed by atoms with E-state index in [1.165, 1.54) is 0 Å². The van der Waals surface area contributed by atoms with Gasteiger partial charge in [-0.25, -0.2) is 0 Å². The third-order valence-corrected chi connectivity index (χ3v) is 3.49. The Morgan fingerprint density at radius 1 is 1.33 bits per heavy atom. The summed E-state index contributed by atoms with van der Waals surface area (Å²) in [4.78, 5) is 2.24. The number of nitrogens with zero attached hydrogens (tertiary/aromatic N) is 1. The average molecular weight is 251 g/mol. The quantitative estimate of drug-likeness (QED) is 0.860. The minimum absolute atomic E-state index is 0.313. The molecule has 0 saturated carbocycles. The molecule has 0 bridgehead atoms. The van der Waals surface area contributed by atoms with Crippen LogP contribution in [0.25, 0.3) is 0 Å². The second kappa shape index (κ2) is 6.18. The van der Waals surface area contributed by atoms with Crippen molar-refractivity contribution in [1.29, 1.82) is 0 Å². The van der Waals surface area contributed by atoms with Crippen molar-refractivity contribution < 1.29 is 14.6 Å². The predicted octanol–water partition coefficient (Wildman–Crippen LogP) is 1.45. The van der Waals surface area contributed by atoms with E-state index in [-0.39, 0.29) is 0 Å². The van der Waals surface area contributed by atoms with Gasteiger partial charge in [0.1, 0.15) is 5.75 Å². The number of hydrogen-bond acceptors (Lipinski definition) is 4. The van der Waals surface area contributed by atoms with Gasteiger partial charge >= 0.3 is 0 Å². The Balaban J connectivity index is 1.89. The summed E-state index contributed by atoms with van der Waals surface area (Å²) in [5.74, 6) is 0.812. The molecule has 2 rings (SSSR count). The van der Waals surface area contributed by atoms with Gasteiger partial charge in [-0.2, -0.15) is 0 Å². The third kappa shape index (κ3) is 3.22. The molecule has 18 heavy (non-hydrogen) atoms. The average Bonchev–Trinajstić information content (AvgIpc) is 2.86. The van der Waals surface area contributed by atoms with E-state index in [0.29, 0.717) is 12.6 Å². The van der Waals surface area contributed by atoms with E-state index in [9.17, 15) is 5.11 Å². The third-order valence-electron chi connectivity index (χ3n) is 3.49. The van der Waals surface area contributed by atoms with E-state index in [2.05, 4.69) is 4.90 Å². The fourth-order valence-electron chi connectivity index (χ4n) is 2.33. The molecule has 100 valence electrons. The first-order chi connectivity index (χ1) is 8.72. The molecule has 0 amide bonds. The molecule has 0 aromatic heterocycles. The lowest BCUT2D eigenvalue weighted by Crippen LogP contribution is -2.27. The molecule has 1 aromatic rings. The van der Waals surface area contributed by atoms with Crippen LogP contribution in [0, 0.1) is 0 Å². The molecule has 1 saturated heterocycles. The normalized spacial score (nSPS) is 22.1. The SMILES string of the molecule is COc1ccc(C(O)CN2CCC(OC)C2)cc1. The molecule has 1 N–H and O–H groups in total. The van der Waals surface area contributed by atoms with Crippen LogP contribution >= 0.6 is 0 Å². The van der Waals surface area contributed by atoms with Crippen molar-refractivity contribution in [1.82, 2.24) is 4.90 Å². The summed E-state index contributed by atoms with van der Waals surface area (Å²) in [6.45, 7) is 2.56. The van der Waals surface area contributed by atoms with E-state index in [1.807, 2.05) is 24.3 Å². The second-order valence-corrected chi connectivity index (χ2v) is 4.69. The van der Waals surface area contributed by atoms with Crippen molar-refractivity contribution in [2.45, 2.75) is 18.6 Å². The van der Waals surface area contributed by atoms with Gasteiger partial charge in [0.15, 0.2) is 0 Å². The van der Waals surface area contributed by atoms with E-state index in [4.69, 9.17) is 9.47 Å². The lowest BCUT2D eigenvalue weighted by molar-refractivity contribution is 0.0898. The monoisotopic (exact) mass is 251 g/mol. The summed E-state index contributed by atoms with van der Waals surface area (Å²) in [6.07, 6.45) is 0.908. The number of aliphatic hydroxyl groups excluding tert-OH is 1. The van der Waals surface area contributed by atoms with Crippen LogP contribution in [0.5, 0.6) is 5.75 Å². The molecule has 4 heteroatoms. The molecule has 1 aliphatic rings. The minimum atomic E-state index is -0.452. The molecule has 0 spiro atoms. The second-order valence-electron chi connectivity index (χ2n) is 4.69. The first-order valence-corrected chi connectivity index (χ1v) is 6.30. The number of methoxy groups -OCH3 is 2. The molecule has 1 fully saturated rings. The summed E-state index contributed by atoms with van der Waals surface area (Å²) >= 11 is 0. The van der Waals surface area contributed by atoms with Gasteiger partial charge < -0.3 is 14.6 Å². The van der Waals surface area contributed by atoms with Gasteiger partial charge in [-0.1, -0.05) is 12.1 Å². The van der Waals surface area contributed by atoms with Gasteiger partial charge in [-0.15, -0.1) is 0 Å². The van der Waals surface area contributed by atoms with E-state index >= 15 is 0 Å². The number of aliphatic hydroxyl groups is 1. The van der Waals surface area contributed by atoms with Crippen LogP contribution in [0.2, 0.25) is 0 Å². The van der Waals surface area contributed by atoms with Crippen LogP contribution < -0.4 is 4.74 Å². The van der Waals surface area contributed by atoms with Crippen molar-refractivity contribution in [3.8, 4) is 5.75 Å². The molecule has 1 aliphatic heterocycles. The van der Waals surface area contributed by atoms with Crippen LogP contribution in [0.3, 0.4) is 0 Å². The van der Waals surface area contributed by atoms with Gasteiger partial charge in [0, 0.05) is 26.7 Å². The number of β-amino-alcohol motifs (C(OH)–C–C–N with tert-alkyl or cyclic N) is 1. The zero-order chi connectivity index (χ0) is 13.0. The zero-order valence-electron chi connectivity index (χ0n) is 11.0. The molecule has 1 heterocycles. The molecule has 2 atom stereocenters. The van der Waals surface area contributed by atoms with Crippen LogP contribution in [0.15, 0.2) is 24.3 Å². The minimum Gasteiger partial charge on any atom is -0.497 e. The summed E-state index contributed by atoms with van der Waals surface area (Å²) in [5.41, 5.74) is 0.927. The van der Waals surface area contributed by atoms with Gasteiger partial charge in [0.25, 0.3) is 0 Å². The van der Waals surface area contributed by atoms with Crippen LogP contribution in [0.1, 0.15) is 18.1 Å². The molecule has 4 nitrogen and oxygen atoms in total. The highest BCUT2D eigenvalue weighted by atomic mass is 16.5. The van der Waals surface area contributed by atoms with Crippen LogP contribution in [-0.2, 0) is 4.74 Å². The number of ether oxygens (including phenoxy) is 2. The van der Waals surface area contributed by atoms with E-state index in [0.717, 1.165) is 30.8 Å². The Labute approximate surface area is 108 Å². The Morgan fingerprint density at radius 3 is 2.61 bits per heavy atom. The maximum atomic E-state index is 10.2. The standard InChI is InChI=1S/C14H21NO3/c1-17-12-5-3-11(4-6-12)14(16)10-15-8-7-13(9-15)18-2/h3-6,13-14,16H,7-10H2,1-2H3. The predicted molar refractivity (Wildman–Crippen MR) is 69.8 cm³/mol. The van der Waals surface area contributed by atoms with Crippen molar-refractivity contribution in [3.05, 3.63) is 29.8 Å². The first kappa shape index (κ1) is 13.3. The van der Waals surface area contributed by atoms with Crippen LogP contribution in [0.4, 0.5) is 0 Å². The summed E-state index contributed by atoms with van der Waals surface area (Å²) < 4.78 is 10.4. The van der Waals surface area contributed by atoms with Crippen molar-refractivity contribution in [2.75, 3.05) is 33.9 Å². The lowest BCUT2D eigenvalue weighted by Gasteiger charge is -2.20. The maximum Gasteiger partial charge on any atom is 0.118 e. The molecule has 1 aromatic carbocycles. The van der Waals surface area contributed by atoms with Gasteiger partial charge in [-0.3, -0.25) is 4.90 Å². The fourth-order valence-corrected chi connectivity index (χ4v) is 2.33. The van der Waals surface area contributed by atoms with Crippen molar-refractivity contribution in [3.63, 3.8) is 0 Å². The Hall–Kier alpha value is -1.10. The van der Waals surface area contributed by atoms with Gasteiger partial charge in [-0.05, 0) is 24.1 Å². The zero-order valence-corrected chi connectivity index (χ0v) is 11.0. The van der Waals surface area contributed by atoms with E-state index < -0.39 is 6.10 Å². The number of rotatable bonds is 5. The summed E-state index contributed by atoms with van der Waals surface area (Å²) in [5, 5.41) is 10.2. The Kier molecular flexibility index (Phi) is 4.58. The molecule has 0 aliphatic carbocycles. The van der Waals surface area contributed by atoms with E-state index in [1.54, 1.807) is 14.2 Å². The number of hydrogen-bond donors (Lipinski definition) is 1. The highest BCUT2D eigenvalue weighted by Crippen LogP contribution is 2.20. The van der Waals surface area contributed by atoms with Gasteiger partial charge in [0.2, 0.25) is 0 Å². The van der Waals surface area contributed by atoms with Crippen molar-refractivity contribution >= 4 is 0 Å². The Bertz CT molecular complexity index is 366. The van der Waals surface area contributed by atoms with Gasteiger partial charge in [0.05, 0.1) is 19.3 Å². The largest absolute Gasteiger partial charge is 0.497 e. The highest BCUT2D eigenvalue weighted by molar-refractivity contribution is 5.28. The molecule has 0 radical (unpaired) electrons. The lowest BCUT2D eigenvalue weighted by atomic mass is 10.1. The van der Waals surface area contributed by atoms with Crippen LogP contribution in [-0.4, -0.2) is 50.0 Å². The summed E-state index contributed by atoms with van der Waals surface area (Å²) in [7, 11) is 3.38. The fraction of sp³-hybridized carbons (Fsp3) is 0.571. The topological polar surface area (TPSA) is 41.9 Å². The number of likely N-dealkylation sites (tertiary alicyclic amines) is 1. The summed E-state index contributed by atoms with van der Waals surface area (Å²) in [6, 6.07) is 7.57.